The molecule has 3 atom stereocenters. The van der Waals surface area contributed by atoms with Gasteiger partial charge in [-0.25, -0.2) is 0 Å². The molecular formula is C14H29N3. The highest BCUT2D eigenvalue weighted by Crippen LogP contribution is 2.32. The molecule has 1 saturated heterocycles. The summed E-state index contributed by atoms with van der Waals surface area (Å²) in [6.45, 7) is 5.68. The van der Waals surface area contributed by atoms with E-state index in [0.29, 0.717) is 12.1 Å². The summed E-state index contributed by atoms with van der Waals surface area (Å²) in [6.07, 6.45) is 5.64. The van der Waals surface area contributed by atoms with E-state index < -0.39 is 0 Å². The second-order valence-electron chi connectivity index (χ2n) is 6.31. The van der Waals surface area contributed by atoms with Gasteiger partial charge in [-0.15, -0.1) is 0 Å². The smallest absolute Gasteiger partial charge is 0.0254 e. The van der Waals surface area contributed by atoms with Crippen LogP contribution in [0.2, 0.25) is 0 Å². The third-order valence-corrected chi connectivity index (χ3v) is 4.92. The Hall–Kier alpha value is -0.120. The van der Waals surface area contributed by atoms with E-state index in [9.17, 15) is 0 Å². The second kappa shape index (κ2) is 5.68. The number of nitrogens with two attached hydrogens (primary N) is 1. The molecule has 1 saturated carbocycles. The summed E-state index contributed by atoms with van der Waals surface area (Å²) in [7, 11) is 4.41. The monoisotopic (exact) mass is 239 g/mol. The van der Waals surface area contributed by atoms with Crippen LogP contribution in [0.5, 0.6) is 0 Å². The highest BCUT2D eigenvalue weighted by molar-refractivity contribution is 4.93. The fourth-order valence-electron chi connectivity index (χ4n) is 3.91. The summed E-state index contributed by atoms with van der Waals surface area (Å²) in [4.78, 5) is 5.05. The third kappa shape index (κ3) is 2.83. The van der Waals surface area contributed by atoms with Crippen LogP contribution < -0.4 is 5.73 Å². The van der Waals surface area contributed by atoms with E-state index in [1.165, 1.54) is 38.8 Å². The Morgan fingerprint density at radius 2 is 1.88 bits per heavy atom. The highest BCUT2D eigenvalue weighted by Gasteiger charge is 2.37. The van der Waals surface area contributed by atoms with Crippen molar-refractivity contribution in [1.82, 2.24) is 9.80 Å². The van der Waals surface area contributed by atoms with Crippen molar-refractivity contribution < 1.29 is 0 Å². The van der Waals surface area contributed by atoms with Crippen molar-refractivity contribution >= 4 is 0 Å². The van der Waals surface area contributed by atoms with Gasteiger partial charge in [-0.05, 0) is 38.8 Å². The first-order valence-corrected chi connectivity index (χ1v) is 7.24. The average Bonchev–Trinajstić information content (AvgIpc) is 2.89. The van der Waals surface area contributed by atoms with Crippen LogP contribution in [0.15, 0.2) is 0 Å². The molecule has 17 heavy (non-hydrogen) atoms. The van der Waals surface area contributed by atoms with Crippen molar-refractivity contribution in [3.05, 3.63) is 0 Å². The van der Waals surface area contributed by atoms with E-state index in [4.69, 9.17) is 5.73 Å². The van der Waals surface area contributed by atoms with E-state index in [-0.39, 0.29) is 0 Å². The van der Waals surface area contributed by atoms with Gasteiger partial charge in [0.15, 0.2) is 0 Å². The Balaban J connectivity index is 1.97. The Labute approximate surface area is 106 Å². The van der Waals surface area contributed by atoms with Crippen molar-refractivity contribution in [1.29, 1.82) is 0 Å². The van der Waals surface area contributed by atoms with Crippen LogP contribution in [-0.4, -0.2) is 55.6 Å². The summed E-state index contributed by atoms with van der Waals surface area (Å²) < 4.78 is 0. The van der Waals surface area contributed by atoms with Gasteiger partial charge in [0.05, 0.1) is 0 Å². The molecule has 2 aliphatic rings. The molecule has 100 valence electrons. The number of likely N-dealkylation sites (N-methyl/N-ethyl adjacent to an activating group) is 1. The van der Waals surface area contributed by atoms with Crippen LogP contribution in [0, 0.1) is 11.8 Å². The molecule has 0 aromatic heterocycles. The van der Waals surface area contributed by atoms with Gasteiger partial charge in [0, 0.05) is 31.7 Å². The maximum Gasteiger partial charge on any atom is 0.0254 e. The maximum atomic E-state index is 6.04. The number of likely N-dealkylation sites (tertiary alicyclic amines) is 1. The maximum absolute atomic E-state index is 6.04. The molecule has 1 aliphatic heterocycles. The number of hydrogen-bond donors (Lipinski definition) is 1. The lowest BCUT2D eigenvalue weighted by Gasteiger charge is -2.32. The predicted octanol–water partition coefficient (Wildman–Crippen LogP) is 1.39. The highest BCUT2D eigenvalue weighted by atomic mass is 15.3. The van der Waals surface area contributed by atoms with Crippen molar-refractivity contribution in [3.8, 4) is 0 Å². The zero-order chi connectivity index (χ0) is 12.4. The summed E-state index contributed by atoms with van der Waals surface area (Å²) >= 11 is 0. The molecule has 0 amide bonds. The second-order valence-corrected chi connectivity index (χ2v) is 6.31. The molecule has 1 heterocycles. The van der Waals surface area contributed by atoms with E-state index in [1.807, 2.05) is 0 Å². The lowest BCUT2D eigenvalue weighted by atomic mass is 9.97. The van der Waals surface area contributed by atoms with Crippen molar-refractivity contribution in [3.63, 3.8) is 0 Å². The molecule has 3 heteroatoms. The minimum Gasteiger partial charge on any atom is -0.329 e. The largest absolute Gasteiger partial charge is 0.329 e. The summed E-state index contributed by atoms with van der Waals surface area (Å²) in [5.74, 6) is 1.65. The van der Waals surface area contributed by atoms with Crippen LogP contribution in [0.3, 0.4) is 0 Å². The zero-order valence-corrected chi connectivity index (χ0v) is 11.7. The molecule has 0 radical (unpaired) electrons. The lowest BCUT2D eigenvalue weighted by Crippen LogP contribution is -2.45. The van der Waals surface area contributed by atoms with E-state index >= 15 is 0 Å². The molecule has 2 fully saturated rings. The number of nitrogens with zero attached hydrogens (tertiary/aromatic N) is 2. The normalized spacial score (nSPS) is 33.7. The van der Waals surface area contributed by atoms with Crippen LogP contribution in [-0.2, 0) is 0 Å². The van der Waals surface area contributed by atoms with Crippen LogP contribution in [0.4, 0.5) is 0 Å². The summed E-state index contributed by atoms with van der Waals surface area (Å²) in [6, 6.07) is 1.36. The quantitative estimate of drug-likeness (QED) is 0.804. The van der Waals surface area contributed by atoms with E-state index in [1.54, 1.807) is 0 Å². The molecule has 2 rings (SSSR count). The first kappa shape index (κ1) is 13.3. The van der Waals surface area contributed by atoms with Crippen molar-refractivity contribution in [2.45, 2.75) is 44.7 Å². The van der Waals surface area contributed by atoms with Gasteiger partial charge >= 0.3 is 0 Å². The Kier molecular flexibility index (Phi) is 4.45. The molecule has 0 aromatic rings. The molecule has 3 unspecified atom stereocenters. The lowest BCUT2D eigenvalue weighted by molar-refractivity contribution is 0.166. The fraction of sp³-hybridized carbons (Fsp3) is 1.00. The fourth-order valence-corrected chi connectivity index (χ4v) is 3.91. The molecular weight excluding hydrogens is 210 g/mol. The molecule has 0 bridgehead atoms. The van der Waals surface area contributed by atoms with Crippen LogP contribution in [0.1, 0.15) is 32.6 Å². The summed E-state index contributed by atoms with van der Waals surface area (Å²) in [5, 5.41) is 0. The van der Waals surface area contributed by atoms with E-state index in [0.717, 1.165) is 18.4 Å². The Bertz CT molecular complexity index is 236. The standard InChI is InChI=1S/C14H29N3/c1-11-9-17(10-14(11)16(2)3)13(8-15)12-6-4-5-7-12/h11-14H,4-10,15H2,1-3H3. The minimum atomic E-state index is 0.643. The number of hydrogen-bond acceptors (Lipinski definition) is 3. The van der Waals surface area contributed by atoms with Gasteiger partial charge < -0.3 is 10.6 Å². The minimum absolute atomic E-state index is 0.643. The topological polar surface area (TPSA) is 32.5 Å². The van der Waals surface area contributed by atoms with Crippen molar-refractivity contribution in [2.24, 2.45) is 17.6 Å². The van der Waals surface area contributed by atoms with Crippen molar-refractivity contribution in [2.75, 3.05) is 33.7 Å². The SMILES string of the molecule is CC1CN(C(CN)C2CCCC2)CC1N(C)C. The average molecular weight is 239 g/mol. The van der Waals surface area contributed by atoms with Crippen LogP contribution in [0.25, 0.3) is 0 Å². The predicted molar refractivity (Wildman–Crippen MR) is 73.0 cm³/mol. The first-order valence-electron chi connectivity index (χ1n) is 7.24. The van der Waals surface area contributed by atoms with Gasteiger partial charge in [-0.3, -0.25) is 4.90 Å². The Morgan fingerprint density at radius 3 is 2.35 bits per heavy atom. The Morgan fingerprint density at radius 1 is 1.24 bits per heavy atom. The zero-order valence-electron chi connectivity index (χ0n) is 11.7. The van der Waals surface area contributed by atoms with E-state index in [2.05, 4.69) is 30.8 Å². The van der Waals surface area contributed by atoms with Gasteiger partial charge in [0.1, 0.15) is 0 Å². The molecule has 0 aromatic carbocycles. The van der Waals surface area contributed by atoms with Gasteiger partial charge in [0.25, 0.3) is 0 Å². The molecule has 3 nitrogen and oxygen atoms in total. The van der Waals surface area contributed by atoms with Gasteiger partial charge in [-0.1, -0.05) is 19.8 Å². The third-order valence-electron chi connectivity index (χ3n) is 4.92. The molecule has 2 N–H and O–H groups in total. The molecule has 1 aliphatic carbocycles. The van der Waals surface area contributed by atoms with Crippen LogP contribution >= 0.6 is 0 Å². The first-order chi connectivity index (χ1) is 8.13. The number of rotatable bonds is 4. The van der Waals surface area contributed by atoms with Gasteiger partial charge in [-0.2, -0.15) is 0 Å². The molecule has 0 spiro atoms. The van der Waals surface area contributed by atoms with Gasteiger partial charge in [0.2, 0.25) is 0 Å². The summed E-state index contributed by atoms with van der Waals surface area (Å²) in [5.41, 5.74) is 6.04.